The highest BCUT2D eigenvalue weighted by molar-refractivity contribution is 5.85. The van der Waals surface area contributed by atoms with Crippen molar-refractivity contribution in [1.29, 1.82) is 0 Å². The lowest BCUT2D eigenvalue weighted by Gasteiger charge is -2.35. The van der Waals surface area contributed by atoms with Crippen LogP contribution >= 0.6 is 24.8 Å². The average Bonchev–Trinajstić information content (AvgIpc) is 2.66. The third-order valence-electron chi connectivity index (χ3n) is 5.72. The molecule has 1 amide bonds. The lowest BCUT2D eigenvalue weighted by atomic mass is 9.93. The molecule has 2 N–H and O–H groups in total. The molecule has 1 aromatic carbocycles. The number of piperidine rings is 1. The van der Waals surface area contributed by atoms with Crippen LogP contribution in [0.2, 0.25) is 0 Å². The molecule has 7 heteroatoms. The summed E-state index contributed by atoms with van der Waals surface area (Å²) in [5, 5.41) is 6.52. The average molecular weight is 446 g/mol. The number of halogens is 2. The third-order valence-corrected chi connectivity index (χ3v) is 5.72. The topological polar surface area (TPSA) is 53.6 Å². The van der Waals surface area contributed by atoms with E-state index in [1.54, 1.807) is 0 Å². The van der Waals surface area contributed by atoms with E-state index in [9.17, 15) is 4.79 Å². The second-order valence-electron chi connectivity index (χ2n) is 8.23. The Hall–Kier alpha value is -0.850. The number of ether oxygens (including phenoxy) is 1. The predicted octanol–water partition coefficient (Wildman–Crippen LogP) is 3.54. The summed E-state index contributed by atoms with van der Waals surface area (Å²) in [5.41, 5.74) is 2.52. The Labute approximate surface area is 188 Å². The third kappa shape index (κ3) is 8.81. The van der Waals surface area contributed by atoms with Crippen LogP contribution in [-0.2, 0) is 22.6 Å². The smallest absolute Gasteiger partial charge is 0.220 e. The number of nitrogens with one attached hydrogen (secondary N) is 2. The molecular formula is C22H37Cl2N3O2. The van der Waals surface area contributed by atoms with E-state index in [2.05, 4.69) is 53.6 Å². The van der Waals surface area contributed by atoms with E-state index in [4.69, 9.17) is 4.74 Å². The molecule has 5 nitrogen and oxygen atoms in total. The van der Waals surface area contributed by atoms with Gasteiger partial charge in [0, 0.05) is 32.6 Å². The molecular weight excluding hydrogens is 409 g/mol. The minimum absolute atomic E-state index is 0. The zero-order chi connectivity index (χ0) is 19.1. The van der Waals surface area contributed by atoms with Crippen LogP contribution in [0.5, 0.6) is 0 Å². The Morgan fingerprint density at radius 3 is 2.38 bits per heavy atom. The molecule has 2 heterocycles. The molecule has 0 spiro atoms. The van der Waals surface area contributed by atoms with Crippen molar-refractivity contribution in [3.05, 3.63) is 35.4 Å². The molecule has 1 aromatic rings. The standard InChI is InChI=1S/C22H35N3O2.2ClH/c1-17-14-25(15-18(2)27-17)16-21-6-4-3-5-20(21)13-24-22(26)8-7-19-9-11-23-12-10-19;;/h3-6,17-19,23H,7-16H2,1-2H3,(H,24,26);2*1H. The van der Waals surface area contributed by atoms with Crippen molar-refractivity contribution in [2.45, 2.75) is 64.8 Å². The quantitative estimate of drug-likeness (QED) is 0.673. The molecule has 2 saturated heterocycles. The van der Waals surface area contributed by atoms with Gasteiger partial charge in [-0.3, -0.25) is 9.69 Å². The number of benzene rings is 1. The summed E-state index contributed by atoms with van der Waals surface area (Å²) >= 11 is 0. The van der Waals surface area contributed by atoms with Crippen LogP contribution in [0.15, 0.2) is 24.3 Å². The molecule has 2 atom stereocenters. The lowest BCUT2D eigenvalue weighted by Crippen LogP contribution is -2.45. The van der Waals surface area contributed by atoms with Gasteiger partial charge in [0.2, 0.25) is 5.91 Å². The van der Waals surface area contributed by atoms with Crippen LogP contribution < -0.4 is 10.6 Å². The second-order valence-corrected chi connectivity index (χ2v) is 8.23. The first-order valence-corrected chi connectivity index (χ1v) is 10.5. The van der Waals surface area contributed by atoms with Gasteiger partial charge in [0.15, 0.2) is 0 Å². The summed E-state index contributed by atoms with van der Waals surface area (Å²) in [7, 11) is 0. The van der Waals surface area contributed by atoms with Crippen molar-refractivity contribution in [2.75, 3.05) is 26.2 Å². The van der Waals surface area contributed by atoms with E-state index in [1.165, 1.54) is 24.0 Å². The lowest BCUT2D eigenvalue weighted by molar-refractivity contribution is -0.121. The molecule has 29 heavy (non-hydrogen) atoms. The van der Waals surface area contributed by atoms with Crippen LogP contribution in [0.3, 0.4) is 0 Å². The number of carbonyl (C=O) groups is 1. The fourth-order valence-electron chi connectivity index (χ4n) is 4.33. The maximum atomic E-state index is 12.3. The largest absolute Gasteiger partial charge is 0.373 e. The molecule has 2 fully saturated rings. The fraction of sp³-hybridized carbons (Fsp3) is 0.682. The van der Waals surface area contributed by atoms with Gasteiger partial charge in [-0.05, 0) is 63.2 Å². The second kappa shape index (κ2) is 13.5. The monoisotopic (exact) mass is 445 g/mol. The van der Waals surface area contributed by atoms with E-state index in [0.29, 0.717) is 18.9 Å². The van der Waals surface area contributed by atoms with Gasteiger partial charge in [-0.1, -0.05) is 24.3 Å². The normalized spacial score (nSPS) is 23.0. The number of carbonyl (C=O) groups excluding carboxylic acids is 1. The van der Waals surface area contributed by atoms with E-state index in [0.717, 1.165) is 39.1 Å². The van der Waals surface area contributed by atoms with Crippen LogP contribution in [0, 0.1) is 5.92 Å². The summed E-state index contributed by atoms with van der Waals surface area (Å²) in [6.07, 6.45) is 4.61. The Bertz CT molecular complexity index is 601. The Morgan fingerprint density at radius 1 is 1.10 bits per heavy atom. The van der Waals surface area contributed by atoms with Crippen LogP contribution in [-0.4, -0.2) is 49.2 Å². The van der Waals surface area contributed by atoms with Gasteiger partial charge in [0.25, 0.3) is 0 Å². The summed E-state index contributed by atoms with van der Waals surface area (Å²) < 4.78 is 5.84. The summed E-state index contributed by atoms with van der Waals surface area (Å²) in [5.74, 6) is 0.881. The zero-order valence-electron chi connectivity index (χ0n) is 17.7. The van der Waals surface area contributed by atoms with E-state index < -0.39 is 0 Å². The first-order chi connectivity index (χ1) is 13.1. The number of nitrogens with zero attached hydrogens (tertiary/aromatic N) is 1. The Kier molecular flexibility index (Phi) is 12.1. The highest BCUT2D eigenvalue weighted by Gasteiger charge is 2.22. The molecule has 0 bridgehead atoms. The Balaban J connectivity index is 0.00000210. The molecule has 0 aliphatic carbocycles. The van der Waals surface area contributed by atoms with E-state index in [1.807, 2.05) is 0 Å². The van der Waals surface area contributed by atoms with Gasteiger partial charge >= 0.3 is 0 Å². The van der Waals surface area contributed by atoms with Gasteiger partial charge in [-0.2, -0.15) is 0 Å². The first-order valence-electron chi connectivity index (χ1n) is 10.5. The molecule has 2 unspecified atom stereocenters. The SMILES string of the molecule is CC1CN(Cc2ccccc2CNC(=O)CCC2CCNCC2)CC(C)O1.Cl.Cl. The fourth-order valence-corrected chi connectivity index (χ4v) is 4.33. The van der Waals surface area contributed by atoms with Crippen LogP contribution in [0.1, 0.15) is 50.7 Å². The van der Waals surface area contributed by atoms with Gasteiger partial charge in [-0.25, -0.2) is 0 Å². The predicted molar refractivity (Wildman–Crippen MR) is 123 cm³/mol. The number of morpholine rings is 1. The van der Waals surface area contributed by atoms with Gasteiger partial charge in [0.05, 0.1) is 12.2 Å². The molecule has 2 aliphatic rings. The number of hydrogen-bond acceptors (Lipinski definition) is 4. The van der Waals surface area contributed by atoms with Crippen LogP contribution in [0.4, 0.5) is 0 Å². The number of hydrogen-bond donors (Lipinski definition) is 2. The highest BCUT2D eigenvalue weighted by atomic mass is 35.5. The summed E-state index contributed by atoms with van der Waals surface area (Å²) in [6.45, 7) is 9.92. The van der Waals surface area contributed by atoms with Crippen molar-refractivity contribution >= 4 is 30.7 Å². The summed E-state index contributed by atoms with van der Waals surface area (Å²) in [4.78, 5) is 14.7. The number of amides is 1. The molecule has 0 saturated carbocycles. The molecule has 166 valence electrons. The van der Waals surface area contributed by atoms with E-state index in [-0.39, 0.29) is 42.9 Å². The summed E-state index contributed by atoms with van der Waals surface area (Å²) in [6, 6.07) is 8.46. The van der Waals surface area contributed by atoms with Gasteiger partial charge in [-0.15, -0.1) is 24.8 Å². The van der Waals surface area contributed by atoms with Gasteiger partial charge in [0.1, 0.15) is 0 Å². The first kappa shape index (κ1) is 26.2. The maximum Gasteiger partial charge on any atom is 0.220 e. The van der Waals surface area contributed by atoms with E-state index >= 15 is 0 Å². The molecule has 0 aromatic heterocycles. The molecule has 0 radical (unpaired) electrons. The minimum Gasteiger partial charge on any atom is -0.373 e. The Morgan fingerprint density at radius 2 is 1.72 bits per heavy atom. The van der Waals surface area contributed by atoms with Gasteiger partial charge < -0.3 is 15.4 Å². The number of rotatable bonds is 7. The highest BCUT2D eigenvalue weighted by Crippen LogP contribution is 2.19. The van der Waals surface area contributed by atoms with Crippen molar-refractivity contribution in [3.8, 4) is 0 Å². The van der Waals surface area contributed by atoms with Crippen molar-refractivity contribution in [3.63, 3.8) is 0 Å². The van der Waals surface area contributed by atoms with Crippen molar-refractivity contribution in [2.24, 2.45) is 5.92 Å². The van der Waals surface area contributed by atoms with Crippen LogP contribution in [0.25, 0.3) is 0 Å². The molecule has 3 rings (SSSR count). The maximum absolute atomic E-state index is 12.3. The van der Waals surface area contributed by atoms with Crippen molar-refractivity contribution in [1.82, 2.24) is 15.5 Å². The molecule has 2 aliphatic heterocycles. The minimum atomic E-state index is 0. The zero-order valence-corrected chi connectivity index (χ0v) is 19.3. The van der Waals surface area contributed by atoms with Crippen molar-refractivity contribution < 1.29 is 9.53 Å².